The number of nitriles is 3. The number of allylic oxidation sites excluding steroid dienone is 2. The first-order valence-corrected chi connectivity index (χ1v) is 8.81. The van der Waals surface area contributed by atoms with Gasteiger partial charge in [-0.1, -0.05) is 6.08 Å². The number of ether oxygens (including phenoxy) is 2. The molecule has 1 aromatic carbocycles. The van der Waals surface area contributed by atoms with Gasteiger partial charge in [-0.05, 0) is 30.8 Å². The van der Waals surface area contributed by atoms with Gasteiger partial charge < -0.3 is 20.1 Å². The van der Waals surface area contributed by atoms with E-state index in [1.54, 1.807) is 25.3 Å². The highest BCUT2D eigenvalue weighted by molar-refractivity contribution is 5.61. The van der Waals surface area contributed by atoms with Gasteiger partial charge in [0.15, 0.2) is 5.41 Å². The van der Waals surface area contributed by atoms with Crippen molar-refractivity contribution in [2.24, 2.45) is 17.1 Å². The highest BCUT2D eigenvalue weighted by atomic mass is 16.5. The van der Waals surface area contributed by atoms with E-state index in [9.17, 15) is 15.8 Å². The van der Waals surface area contributed by atoms with Crippen LogP contribution in [-0.2, 0) is 0 Å². The van der Waals surface area contributed by atoms with E-state index in [0.717, 1.165) is 5.57 Å². The van der Waals surface area contributed by atoms with Crippen molar-refractivity contribution in [1.29, 1.82) is 15.8 Å². The Hall–Kier alpha value is -3.47. The third-order valence-corrected chi connectivity index (χ3v) is 5.62. The minimum absolute atomic E-state index is 0.00178. The number of methoxy groups -OCH3 is 2. The number of nitrogens with two attached hydrogens (primary N) is 1. The van der Waals surface area contributed by atoms with Crippen LogP contribution in [0.15, 0.2) is 41.1 Å². The summed E-state index contributed by atoms with van der Waals surface area (Å²) in [4.78, 5) is 2.09. The Balaban J connectivity index is 2.38. The van der Waals surface area contributed by atoms with Gasteiger partial charge in [-0.15, -0.1) is 0 Å². The van der Waals surface area contributed by atoms with Crippen LogP contribution < -0.4 is 15.2 Å². The molecule has 0 bridgehead atoms. The van der Waals surface area contributed by atoms with Crippen LogP contribution in [0.5, 0.6) is 11.5 Å². The lowest BCUT2D eigenvalue weighted by Crippen LogP contribution is -2.47. The number of likely N-dealkylation sites (N-methyl/N-ethyl adjacent to an activating group) is 1. The Morgan fingerprint density at radius 3 is 2.46 bits per heavy atom. The normalized spacial score (nSPS) is 23.5. The SMILES string of the molecule is COc1ccc(OC)c([C@@H]2[C@H]3CN(C)CC=C3C(C#N)=C(N)C2(C#N)C#N)c1. The van der Waals surface area contributed by atoms with E-state index in [4.69, 9.17) is 15.2 Å². The summed E-state index contributed by atoms with van der Waals surface area (Å²) in [5.41, 5.74) is 6.30. The van der Waals surface area contributed by atoms with Gasteiger partial charge >= 0.3 is 0 Å². The molecule has 0 spiro atoms. The summed E-state index contributed by atoms with van der Waals surface area (Å²) in [6.45, 7) is 1.25. The average Bonchev–Trinajstić information content (AvgIpc) is 2.72. The quantitative estimate of drug-likeness (QED) is 0.858. The molecule has 1 heterocycles. The second-order valence-electron chi connectivity index (χ2n) is 7.00. The van der Waals surface area contributed by atoms with E-state index in [1.165, 1.54) is 7.11 Å². The smallest absolute Gasteiger partial charge is 0.191 e. The molecule has 3 rings (SSSR count). The minimum atomic E-state index is -1.69. The summed E-state index contributed by atoms with van der Waals surface area (Å²) in [5, 5.41) is 29.9. The molecular weight excluding hydrogens is 354 g/mol. The van der Waals surface area contributed by atoms with Gasteiger partial charge in [-0.25, -0.2) is 0 Å². The highest BCUT2D eigenvalue weighted by Gasteiger charge is 2.55. The Morgan fingerprint density at radius 1 is 1.18 bits per heavy atom. The van der Waals surface area contributed by atoms with E-state index < -0.39 is 11.3 Å². The van der Waals surface area contributed by atoms with Gasteiger partial charge in [0, 0.05) is 30.5 Å². The van der Waals surface area contributed by atoms with Crippen molar-refractivity contribution in [1.82, 2.24) is 4.90 Å². The lowest BCUT2D eigenvalue weighted by molar-refractivity contribution is 0.234. The van der Waals surface area contributed by atoms with Crippen LogP contribution in [-0.4, -0.2) is 39.3 Å². The molecule has 0 saturated carbocycles. The first-order valence-electron chi connectivity index (χ1n) is 8.81. The fourth-order valence-corrected chi connectivity index (χ4v) is 4.25. The standard InChI is InChI=1S/C21H21N5O2/c1-26-7-6-14-16(9-22)20(25)21(11-23,12-24)19(17(14)10-26)15-8-13(27-2)4-5-18(15)28-3/h4-6,8,17,19H,7,10,25H2,1-3H3/t17-,19+/m0/s1. The van der Waals surface area contributed by atoms with E-state index in [0.29, 0.717) is 30.2 Å². The van der Waals surface area contributed by atoms with Crippen molar-refractivity contribution in [3.8, 4) is 29.7 Å². The summed E-state index contributed by atoms with van der Waals surface area (Å²) >= 11 is 0. The van der Waals surface area contributed by atoms with Crippen LogP contribution in [0.4, 0.5) is 0 Å². The number of fused-ring (bicyclic) bond motifs is 1. The molecule has 0 radical (unpaired) electrons. The number of hydrogen-bond acceptors (Lipinski definition) is 7. The summed E-state index contributed by atoms with van der Waals surface area (Å²) in [5.74, 6) is 0.255. The van der Waals surface area contributed by atoms with Crippen LogP contribution in [0.1, 0.15) is 11.5 Å². The van der Waals surface area contributed by atoms with Gasteiger partial charge in [-0.3, -0.25) is 0 Å². The maximum Gasteiger partial charge on any atom is 0.191 e. The molecule has 7 heteroatoms. The number of nitrogens with zero attached hydrogens (tertiary/aromatic N) is 4. The Kier molecular flexibility index (Phi) is 5.01. The van der Waals surface area contributed by atoms with Crippen LogP contribution >= 0.6 is 0 Å². The van der Waals surface area contributed by atoms with Crippen molar-refractivity contribution in [3.63, 3.8) is 0 Å². The van der Waals surface area contributed by atoms with Crippen molar-refractivity contribution in [2.75, 3.05) is 34.4 Å². The first-order chi connectivity index (χ1) is 13.5. The third-order valence-electron chi connectivity index (χ3n) is 5.62. The average molecular weight is 375 g/mol. The number of rotatable bonds is 3. The van der Waals surface area contributed by atoms with Gasteiger partial charge in [0.2, 0.25) is 0 Å². The molecular formula is C21H21N5O2. The molecule has 0 fully saturated rings. The van der Waals surface area contributed by atoms with Gasteiger partial charge in [-0.2, -0.15) is 15.8 Å². The topological polar surface area (TPSA) is 119 Å². The molecule has 1 aliphatic heterocycles. The van der Waals surface area contributed by atoms with Crippen LogP contribution in [0, 0.1) is 45.3 Å². The van der Waals surface area contributed by atoms with Gasteiger partial charge in [0.05, 0.1) is 37.6 Å². The molecule has 0 unspecified atom stereocenters. The monoisotopic (exact) mass is 375 g/mol. The van der Waals surface area contributed by atoms with Gasteiger partial charge in [0.1, 0.15) is 17.6 Å². The van der Waals surface area contributed by atoms with E-state index in [-0.39, 0.29) is 17.2 Å². The Bertz CT molecular complexity index is 976. The molecule has 0 amide bonds. The largest absolute Gasteiger partial charge is 0.497 e. The van der Waals surface area contributed by atoms with Crippen LogP contribution in [0.3, 0.4) is 0 Å². The zero-order valence-corrected chi connectivity index (χ0v) is 16.1. The molecule has 2 N–H and O–H groups in total. The predicted octanol–water partition coefficient (Wildman–Crippen LogP) is 2.06. The molecule has 1 aromatic rings. The van der Waals surface area contributed by atoms with Gasteiger partial charge in [0.25, 0.3) is 0 Å². The third kappa shape index (κ3) is 2.67. The van der Waals surface area contributed by atoms with Crippen molar-refractivity contribution in [2.45, 2.75) is 5.92 Å². The molecule has 2 aliphatic rings. The Morgan fingerprint density at radius 2 is 1.89 bits per heavy atom. The molecule has 142 valence electrons. The molecule has 28 heavy (non-hydrogen) atoms. The van der Waals surface area contributed by atoms with Crippen molar-refractivity contribution in [3.05, 3.63) is 46.7 Å². The molecule has 7 nitrogen and oxygen atoms in total. The zero-order chi connectivity index (χ0) is 20.5. The minimum Gasteiger partial charge on any atom is -0.497 e. The summed E-state index contributed by atoms with van der Waals surface area (Å²) < 4.78 is 10.9. The van der Waals surface area contributed by atoms with Crippen LogP contribution in [0.25, 0.3) is 0 Å². The maximum absolute atomic E-state index is 10.1. The number of benzene rings is 1. The summed E-state index contributed by atoms with van der Waals surface area (Å²) in [6, 6.07) is 11.7. The zero-order valence-electron chi connectivity index (χ0n) is 16.1. The first kappa shape index (κ1) is 19.3. The molecule has 2 atom stereocenters. The maximum atomic E-state index is 10.1. The summed E-state index contributed by atoms with van der Waals surface area (Å²) in [7, 11) is 5.05. The van der Waals surface area contributed by atoms with E-state index in [2.05, 4.69) is 23.1 Å². The molecule has 0 saturated heterocycles. The van der Waals surface area contributed by atoms with E-state index in [1.807, 2.05) is 13.1 Å². The second kappa shape index (κ2) is 7.27. The fourth-order valence-electron chi connectivity index (χ4n) is 4.25. The van der Waals surface area contributed by atoms with Crippen molar-refractivity contribution >= 4 is 0 Å². The van der Waals surface area contributed by atoms with Crippen molar-refractivity contribution < 1.29 is 9.47 Å². The lowest BCUT2D eigenvalue weighted by atomic mass is 9.58. The van der Waals surface area contributed by atoms with Crippen LogP contribution in [0.2, 0.25) is 0 Å². The van der Waals surface area contributed by atoms with E-state index >= 15 is 0 Å². The highest BCUT2D eigenvalue weighted by Crippen LogP contribution is 2.56. The predicted molar refractivity (Wildman–Crippen MR) is 102 cm³/mol. The second-order valence-corrected chi connectivity index (χ2v) is 7.00. The fraction of sp³-hybridized carbons (Fsp3) is 0.381. The Labute approximate surface area is 164 Å². The summed E-state index contributed by atoms with van der Waals surface area (Å²) in [6.07, 6.45) is 1.96. The number of hydrogen-bond donors (Lipinski definition) is 1. The molecule has 1 aliphatic carbocycles. The molecule has 0 aromatic heterocycles. The lowest BCUT2D eigenvalue weighted by Gasteiger charge is -2.45.